The third-order valence-corrected chi connectivity index (χ3v) is 4.05. The molecule has 0 unspecified atom stereocenters. The van der Waals surface area contributed by atoms with Gasteiger partial charge < -0.3 is 4.74 Å². The molecule has 2 heterocycles. The van der Waals surface area contributed by atoms with Gasteiger partial charge >= 0.3 is 0 Å². The Hall–Kier alpha value is -0.910. The topological polar surface area (TPSA) is 35.0 Å². The van der Waals surface area contributed by atoms with Crippen molar-refractivity contribution in [1.29, 1.82) is 0 Å². The van der Waals surface area contributed by atoms with E-state index in [0.717, 1.165) is 34.7 Å². The van der Waals surface area contributed by atoms with Gasteiger partial charge in [-0.2, -0.15) is 0 Å². The first-order valence-corrected chi connectivity index (χ1v) is 7.34. The van der Waals surface area contributed by atoms with Crippen molar-refractivity contribution in [3.05, 3.63) is 29.8 Å². The molecular formula is C12H14N2OS2. The Morgan fingerprint density at radius 1 is 1.35 bits per heavy atom. The summed E-state index contributed by atoms with van der Waals surface area (Å²) in [5, 5.41) is 2.05. The van der Waals surface area contributed by atoms with Crippen LogP contribution < -0.4 is 0 Å². The van der Waals surface area contributed by atoms with Crippen LogP contribution in [0.15, 0.2) is 34.1 Å². The van der Waals surface area contributed by atoms with Crippen molar-refractivity contribution in [2.45, 2.75) is 11.3 Å². The molecule has 0 aromatic carbocycles. The van der Waals surface area contributed by atoms with Crippen LogP contribution in [0.2, 0.25) is 0 Å². The van der Waals surface area contributed by atoms with Gasteiger partial charge in [0.05, 0.1) is 12.3 Å². The molecule has 2 aromatic heterocycles. The summed E-state index contributed by atoms with van der Waals surface area (Å²) >= 11 is 3.39. The molecule has 0 saturated carbocycles. The third-order valence-electron chi connectivity index (χ3n) is 2.07. The second-order valence-electron chi connectivity index (χ2n) is 3.26. The number of rotatable bonds is 6. The van der Waals surface area contributed by atoms with E-state index in [2.05, 4.69) is 9.97 Å². The Bertz CT molecular complexity index is 445. The van der Waals surface area contributed by atoms with Crippen molar-refractivity contribution >= 4 is 23.1 Å². The highest BCUT2D eigenvalue weighted by atomic mass is 32.2. The fourth-order valence-electron chi connectivity index (χ4n) is 1.29. The van der Waals surface area contributed by atoms with E-state index in [-0.39, 0.29) is 0 Å². The highest BCUT2D eigenvalue weighted by molar-refractivity contribution is 8.01. The maximum absolute atomic E-state index is 5.29. The number of pyridine rings is 1. The molecule has 5 heteroatoms. The molecule has 2 rings (SSSR count). The average molecular weight is 266 g/mol. The Kier molecular flexibility index (Phi) is 4.97. The average Bonchev–Trinajstić information content (AvgIpc) is 2.85. The predicted octanol–water partition coefficient (Wildman–Crippen LogP) is 3.33. The van der Waals surface area contributed by atoms with Crippen molar-refractivity contribution in [2.24, 2.45) is 0 Å². The first-order valence-electron chi connectivity index (χ1n) is 5.47. The van der Waals surface area contributed by atoms with Gasteiger partial charge in [0.25, 0.3) is 0 Å². The second kappa shape index (κ2) is 6.74. The van der Waals surface area contributed by atoms with Gasteiger partial charge in [0.1, 0.15) is 5.69 Å². The summed E-state index contributed by atoms with van der Waals surface area (Å²) in [6, 6.07) is 5.86. The summed E-state index contributed by atoms with van der Waals surface area (Å²) in [4.78, 5) is 8.82. The van der Waals surface area contributed by atoms with Gasteiger partial charge in [0.2, 0.25) is 0 Å². The maximum atomic E-state index is 5.29. The van der Waals surface area contributed by atoms with Crippen LogP contribution in [0.4, 0.5) is 0 Å². The van der Waals surface area contributed by atoms with Gasteiger partial charge in [-0.1, -0.05) is 17.8 Å². The summed E-state index contributed by atoms with van der Waals surface area (Å²) in [5.74, 6) is 0.947. The Labute approximate surface area is 109 Å². The van der Waals surface area contributed by atoms with Crippen LogP contribution in [-0.4, -0.2) is 28.9 Å². The minimum atomic E-state index is 0.775. The molecule has 2 aromatic rings. The Balaban J connectivity index is 1.92. The molecular weight excluding hydrogens is 252 g/mol. The maximum Gasteiger partial charge on any atom is 0.150 e. The van der Waals surface area contributed by atoms with Gasteiger partial charge in [-0.15, -0.1) is 11.3 Å². The number of thioether (sulfide) groups is 1. The van der Waals surface area contributed by atoms with E-state index < -0.39 is 0 Å². The van der Waals surface area contributed by atoms with Crippen molar-refractivity contribution < 1.29 is 4.74 Å². The lowest BCUT2D eigenvalue weighted by molar-refractivity contribution is 0.164. The normalized spacial score (nSPS) is 10.6. The van der Waals surface area contributed by atoms with Crippen LogP contribution in [-0.2, 0) is 4.74 Å². The van der Waals surface area contributed by atoms with Crippen LogP contribution in [0.1, 0.15) is 6.92 Å². The van der Waals surface area contributed by atoms with Crippen molar-refractivity contribution in [3.63, 3.8) is 0 Å². The molecule has 0 radical (unpaired) electrons. The minimum Gasteiger partial charge on any atom is -0.381 e. The molecule has 0 amide bonds. The molecule has 0 atom stereocenters. The number of thiazole rings is 1. The summed E-state index contributed by atoms with van der Waals surface area (Å²) in [7, 11) is 0. The molecule has 0 aliphatic carbocycles. The van der Waals surface area contributed by atoms with E-state index in [1.54, 1.807) is 29.3 Å². The standard InChI is InChI=1S/C12H14N2OS2/c1-2-15-7-8-16-12-14-11(9-17-12)10-5-3-4-6-13-10/h3-6,9H,2,7-8H2,1H3. The number of aromatic nitrogens is 2. The zero-order valence-corrected chi connectivity index (χ0v) is 11.3. The molecule has 0 spiro atoms. The fraction of sp³-hybridized carbons (Fsp3) is 0.333. The van der Waals surface area contributed by atoms with Crippen LogP contribution >= 0.6 is 23.1 Å². The smallest absolute Gasteiger partial charge is 0.150 e. The van der Waals surface area contributed by atoms with Gasteiger partial charge in [-0.3, -0.25) is 4.98 Å². The number of hydrogen-bond donors (Lipinski definition) is 0. The van der Waals surface area contributed by atoms with Gasteiger partial charge in [-0.05, 0) is 19.1 Å². The van der Waals surface area contributed by atoms with Crippen molar-refractivity contribution in [2.75, 3.05) is 19.0 Å². The summed E-state index contributed by atoms with van der Waals surface area (Å²) < 4.78 is 6.36. The molecule has 17 heavy (non-hydrogen) atoms. The molecule has 0 N–H and O–H groups in total. The van der Waals surface area contributed by atoms with Gasteiger partial charge in [0.15, 0.2) is 4.34 Å². The minimum absolute atomic E-state index is 0.775. The lowest BCUT2D eigenvalue weighted by atomic mass is 10.3. The molecule has 3 nitrogen and oxygen atoms in total. The molecule has 90 valence electrons. The van der Waals surface area contributed by atoms with E-state index in [9.17, 15) is 0 Å². The van der Waals surface area contributed by atoms with E-state index in [1.807, 2.05) is 30.5 Å². The zero-order chi connectivity index (χ0) is 11.9. The van der Waals surface area contributed by atoms with E-state index in [4.69, 9.17) is 4.74 Å². The van der Waals surface area contributed by atoms with Gasteiger partial charge in [-0.25, -0.2) is 4.98 Å². The monoisotopic (exact) mass is 266 g/mol. The van der Waals surface area contributed by atoms with Gasteiger partial charge in [0, 0.05) is 23.9 Å². The highest BCUT2D eigenvalue weighted by Crippen LogP contribution is 2.26. The van der Waals surface area contributed by atoms with E-state index >= 15 is 0 Å². The van der Waals surface area contributed by atoms with E-state index in [0.29, 0.717) is 0 Å². The van der Waals surface area contributed by atoms with Crippen LogP contribution in [0.5, 0.6) is 0 Å². The van der Waals surface area contributed by atoms with E-state index in [1.165, 1.54) is 0 Å². The zero-order valence-electron chi connectivity index (χ0n) is 9.63. The lowest BCUT2D eigenvalue weighted by Gasteiger charge is -1.98. The molecule has 0 aliphatic heterocycles. The number of hydrogen-bond acceptors (Lipinski definition) is 5. The van der Waals surface area contributed by atoms with Crippen LogP contribution in [0.3, 0.4) is 0 Å². The Morgan fingerprint density at radius 3 is 3.06 bits per heavy atom. The highest BCUT2D eigenvalue weighted by Gasteiger charge is 2.05. The molecule has 0 fully saturated rings. The first-order chi connectivity index (χ1) is 8.40. The predicted molar refractivity (Wildman–Crippen MR) is 72.6 cm³/mol. The van der Waals surface area contributed by atoms with Crippen LogP contribution in [0, 0.1) is 0 Å². The lowest BCUT2D eigenvalue weighted by Crippen LogP contribution is -1.95. The second-order valence-corrected chi connectivity index (χ2v) is 5.46. The quantitative estimate of drug-likeness (QED) is 0.593. The number of nitrogens with zero attached hydrogens (tertiary/aromatic N) is 2. The summed E-state index contributed by atoms with van der Waals surface area (Å²) in [5.41, 5.74) is 1.88. The van der Waals surface area contributed by atoms with Crippen LogP contribution in [0.25, 0.3) is 11.4 Å². The first kappa shape index (κ1) is 12.5. The molecule has 0 saturated heterocycles. The SMILES string of the molecule is CCOCCSc1nc(-c2ccccn2)cs1. The summed E-state index contributed by atoms with van der Waals surface area (Å²) in [6.07, 6.45) is 1.79. The Morgan fingerprint density at radius 2 is 2.29 bits per heavy atom. The van der Waals surface area contributed by atoms with Crippen molar-refractivity contribution in [1.82, 2.24) is 9.97 Å². The molecule has 0 aliphatic rings. The third kappa shape index (κ3) is 3.80. The number of ether oxygens (including phenoxy) is 1. The van der Waals surface area contributed by atoms with Crippen molar-refractivity contribution in [3.8, 4) is 11.4 Å². The largest absolute Gasteiger partial charge is 0.381 e. The fourth-order valence-corrected chi connectivity index (χ4v) is 3.03. The summed E-state index contributed by atoms with van der Waals surface area (Å²) in [6.45, 7) is 3.56. The molecule has 0 bridgehead atoms.